The molecule has 0 radical (unpaired) electrons. The highest BCUT2D eigenvalue weighted by atomic mass is 35.5. The lowest BCUT2D eigenvalue weighted by Gasteiger charge is -2.34. The average molecular weight is 444 g/mol. The molecule has 1 N–H and O–H groups in total. The fraction of sp³-hybridized carbons (Fsp3) is 0.391. The van der Waals surface area contributed by atoms with Crippen molar-refractivity contribution < 1.29 is 19.1 Å². The van der Waals surface area contributed by atoms with E-state index in [1.807, 2.05) is 30.0 Å². The van der Waals surface area contributed by atoms with E-state index in [0.29, 0.717) is 62.3 Å². The van der Waals surface area contributed by atoms with Crippen LogP contribution >= 0.6 is 11.6 Å². The molecular formula is C23H26ClN3O4. The number of nitrogens with one attached hydrogen (secondary N) is 1. The molecule has 1 unspecified atom stereocenters. The van der Waals surface area contributed by atoms with Gasteiger partial charge < -0.3 is 19.7 Å². The Morgan fingerprint density at radius 2 is 1.68 bits per heavy atom. The number of rotatable bonds is 5. The fourth-order valence-electron chi connectivity index (χ4n) is 3.79. The lowest BCUT2D eigenvalue weighted by molar-refractivity contribution is -0.123. The highest BCUT2D eigenvalue weighted by molar-refractivity contribution is 6.30. The molecule has 1 atom stereocenters. The van der Waals surface area contributed by atoms with Gasteiger partial charge in [0.05, 0.1) is 12.6 Å². The van der Waals surface area contributed by atoms with Gasteiger partial charge in [0.15, 0.2) is 11.5 Å². The first-order valence-electron chi connectivity index (χ1n) is 10.5. The van der Waals surface area contributed by atoms with Crippen molar-refractivity contribution >= 4 is 23.4 Å². The number of carbonyl (C=O) groups is 2. The molecule has 1 saturated heterocycles. The summed E-state index contributed by atoms with van der Waals surface area (Å²) in [4.78, 5) is 29.0. The molecule has 0 spiro atoms. The fourth-order valence-corrected chi connectivity index (χ4v) is 3.91. The Balaban J connectivity index is 1.25. The summed E-state index contributed by atoms with van der Waals surface area (Å²) in [6.45, 7) is 5.83. The monoisotopic (exact) mass is 443 g/mol. The molecule has 0 aromatic heterocycles. The van der Waals surface area contributed by atoms with E-state index in [9.17, 15) is 9.59 Å². The quantitative estimate of drug-likeness (QED) is 0.769. The van der Waals surface area contributed by atoms with Crippen molar-refractivity contribution in [3.63, 3.8) is 0 Å². The Morgan fingerprint density at radius 1 is 1.00 bits per heavy atom. The van der Waals surface area contributed by atoms with Gasteiger partial charge in [0.25, 0.3) is 5.91 Å². The predicted octanol–water partition coefficient (Wildman–Crippen LogP) is 2.75. The first-order chi connectivity index (χ1) is 15.0. The SMILES string of the molecule is CC(NC(=O)CN1CCN(C(=O)c2ccc(Cl)cc2)CC1)c1ccc2c(c1)OCCO2. The summed E-state index contributed by atoms with van der Waals surface area (Å²) in [5.74, 6) is 1.40. The molecule has 0 aliphatic carbocycles. The molecule has 31 heavy (non-hydrogen) atoms. The van der Waals surface area contributed by atoms with Crippen LogP contribution in [-0.2, 0) is 4.79 Å². The van der Waals surface area contributed by atoms with Crippen molar-refractivity contribution in [2.45, 2.75) is 13.0 Å². The molecule has 2 aromatic carbocycles. The van der Waals surface area contributed by atoms with Crippen LogP contribution in [0.4, 0.5) is 0 Å². The standard InChI is InChI=1S/C23H26ClN3O4/c1-16(18-4-7-20-21(14-18)31-13-12-30-20)25-22(28)15-26-8-10-27(11-9-26)23(29)17-2-5-19(24)6-3-17/h2-7,14,16H,8-13,15H2,1H3,(H,25,28). The van der Waals surface area contributed by atoms with Crippen LogP contribution in [0.3, 0.4) is 0 Å². The van der Waals surface area contributed by atoms with Crippen LogP contribution in [0.2, 0.25) is 5.02 Å². The van der Waals surface area contributed by atoms with Crippen molar-refractivity contribution in [3.8, 4) is 11.5 Å². The number of piperazine rings is 1. The highest BCUT2D eigenvalue weighted by Crippen LogP contribution is 2.32. The molecule has 2 aliphatic heterocycles. The lowest BCUT2D eigenvalue weighted by Crippen LogP contribution is -2.51. The van der Waals surface area contributed by atoms with E-state index in [1.54, 1.807) is 24.3 Å². The Kier molecular flexibility index (Phi) is 6.63. The van der Waals surface area contributed by atoms with Gasteiger partial charge in [-0.25, -0.2) is 0 Å². The Bertz CT molecular complexity index is 942. The normalized spacial score (nSPS) is 17.2. The van der Waals surface area contributed by atoms with E-state index in [2.05, 4.69) is 10.2 Å². The van der Waals surface area contributed by atoms with Gasteiger partial charge >= 0.3 is 0 Å². The third-order valence-corrected chi connectivity index (χ3v) is 5.81. The second-order valence-electron chi connectivity index (χ2n) is 7.77. The predicted molar refractivity (Wildman–Crippen MR) is 118 cm³/mol. The molecule has 0 saturated carbocycles. The summed E-state index contributed by atoms with van der Waals surface area (Å²) in [5.41, 5.74) is 1.60. The first-order valence-corrected chi connectivity index (χ1v) is 10.8. The van der Waals surface area contributed by atoms with Crippen LogP contribution in [0.25, 0.3) is 0 Å². The molecular weight excluding hydrogens is 418 g/mol. The van der Waals surface area contributed by atoms with Crippen LogP contribution in [0.5, 0.6) is 11.5 Å². The zero-order valence-corrected chi connectivity index (χ0v) is 18.2. The molecule has 8 heteroatoms. The van der Waals surface area contributed by atoms with Crippen LogP contribution in [-0.4, -0.2) is 67.6 Å². The topological polar surface area (TPSA) is 71.1 Å². The van der Waals surface area contributed by atoms with E-state index < -0.39 is 0 Å². The maximum absolute atomic E-state index is 12.6. The number of benzene rings is 2. The van der Waals surface area contributed by atoms with Crippen LogP contribution in [0, 0.1) is 0 Å². The molecule has 4 rings (SSSR count). The van der Waals surface area contributed by atoms with Gasteiger partial charge in [-0.15, -0.1) is 0 Å². The van der Waals surface area contributed by atoms with Crippen molar-refractivity contribution in [2.24, 2.45) is 0 Å². The first kappa shape index (κ1) is 21.5. The number of halogens is 1. The largest absolute Gasteiger partial charge is 0.486 e. The average Bonchev–Trinajstić information content (AvgIpc) is 2.79. The van der Waals surface area contributed by atoms with Crippen LogP contribution in [0.1, 0.15) is 28.9 Å². The summed E-state index contributed by atoms with van der Waals surface area (Å²) in [5, 5.41) is 3.65. The third kappa shape index (κ3) is 5.29. The van der Waals surface area contributed by atoms with Gasteiger partial charge in [-0.2, -0.15) is 0 Å². The Hall–Kier alpha value is -2.77. The zero-order chi connectivity index (χ0) is 21.8. The third-order valence-electron chi connectivity index (χ3n) is 5.56. The molecule has 1 fully saturated rings. The van der Waals surface area contributed by atoms with E-state index in [1.165, 1.54) is 0 Å². The minimum atomic E-state index is -0.143. The molecule has 2 aromatic rings. The van der Waals surface area contributed by atoms with Crippen LogP contribution in [0.15, 0.2) is 42.5 Å². The second kappa shape index (κ2) is 9.58. The van der Waals surface area contributed by atoms with E-state index in [4.69, 9.17) is 21.1 Å². The smallest absolute Gasteiger partial charge is 0.253 e. The summed E-state index contributed by atoms with van der Waals surface area (Å²) >= 11 is 5.89. The number of hydrogen-bond acceptors (Lipinski definition) is 5. The molecule has 164 valence electrons. The number of hydrogen-bond donors (Lipinski definition) is 1. The van der Waals surface area contributed by atoms with Gasteiger partial charge in [-0.3, -0.25) is 14.5 Å². The minimum absolute atomic E-state index is 0.00648. The summed E-state index contributed by atoms with van der Waals surface area (Å²) in [7, 11) is 0. The summed E-state index contributed by atoms with van der Waals surface area (Å²) < 4.78 is 11.2. The Labute approximate surface area is 186 Å². The van der Waals surface area contributed by atoms with E-state index >= 15 is 0 Å². The second-order valence-corrected chi connectivity index (χ2v) is 8.20. The van der Waals surface area contributed by atoms with Crippen LogP contribution < -0.4 is 14.8 Å². The lowest BCUT2D eigenvalue weighted by atomic mass is 10.1. The van der Waals surface area contributed by atoms with Crippen molar-refractivity contribution in [1.29, 1.82) is 0 Å². The van der Waals surface area contributed by atoms with Gasteiger partial charge in [-0.05, 0) is 48.9 Å². The van der Waals surface area contributed by atoms with Crippen molar-refractivity contribution in [2.75, 3.05) is 45.9 Å². The van der Waals surface area contributed by atoms with Gasteiger partial charge in [-0.1, -0.05) is 17.7 Å². The van der Waals surface area contributed by atoms with E-state index in [0.717, 1.165) is 11.3 Å². The molecule has 7 nitrogen and oxygen atoms in total. The number of carbonyl (C=O) groups excluding carboxylic acids is 2. The zero-order valence-electron chi connectivity index (χ0n) is 17.5. The van der Waals surface area contributed by atoms with Crippen molar-refractivity contribution in [3.05, 3.63) is 58.6 Å². The number of fused-ring (bicyclic) bond motifs is 1. The van der Waals surface area contributed by atoms with Gasteiger partial charge in [0, 0.05) is 36.8 Å². The molecule has 2 amide bonds. The highest BCUT2D eigenvalue weighted by Gasteiger charge is 2.24. The van der Waals surface area contributed by atoms with Gasteiger partial charge in [0.2, 0.25) is 5.91 Å². The van der Waals surface area contributed by atoms with Crippen molar-refractivity contribution in [1.82, 2.24) is 15.1 Å². The molecule has 0 bridgehead atoms. The number of amides is 2. The molecule has 2 heterocycles. The molecule has 2 aliphatic rings. The summed E-state index contributed by atoms with van der Waals surface area (Å²) in [6.07, 6.45) is 0. The van der Waals surface area contributed by atoms with Gasteiger partial charge in [0.1, 0.15) is 13.2 Å². The minimum Gasteiger partial charge on any atom is -0.486 e. The Morgan fingerprint density at radius 3 is 2.39 bits per heavy atom. The van der Waals surface area contributed by atoms with E-state index in [-0.39, 0.29) is 17.9 Å². The summed E-state index contributed by atoms with van der Waals surface area (Å²) in [6, 6.07) is 12.5. The number of ether oxygens (including phenoxy) is 2. The number of nitrogens with zero attached hydrogens (tertiary/aromatic N) is 2. The maximum atomic E-state index is 12.6. The maximum Gasteiger partial charge on any atom is 0.253 e.